The summed E-state index contributed by atoms with van der Waals surface area (Å²) in [6.45, 7) is 0. The molecule has 2 aromatic rings. The number of aromatic nitrogens is 3. The summed E-state index contributed by atoms with van der Waals surface area (Å²) in [5.41, 5.74) is 0.424. The van der Waals surface area contributed by atoms with Crippen molar-refractivity contribution in [3.05, 3.63) is 28.7 Å². The number of fused-ring (bicyclic) bond motifs is 1. The molecule has 80 valence electrons. The van der Waals surface area contributed by atoms with E-state index in [4.69, 9.17) is 11.6 Å². The van der Waals surface area contributed by atoms with E-state index in [-0.39, 0.29) is 16.2 Å². The molecule has 2 rings (SSSR count). The van der Waals surface area contributed by atoms with Crippen LogP contribution in [-0.4, -0.2) is 14.6 Å². The summed E-state index contributed by atoms with van der Waals surface area (Å²) in [7, 11) is 0. The minimum Gasteiger partial charge on any atom is -0.226 e. The minimum atomic E-state index is -2.61. The van der Waals surface area contributed by atoms with Gasteiger partial charge < -0.3 is 0 Å². The van der Waals surface area contributed by atoms with E-state index in [0.717, 1.165) is 0 Å². The van der Waals surface area contributed by atoms with Gasteiger partial charge in [-0.25, -0.2) is 18.3 Å². The quantitative estimate of drug-likeness (QED) is 0.797. The molecule has 0 aromatic carbocycles. The molecule has 0 aliphatic heterocycles. The Labute approximate surface area is 97.2 Å². The number of imidazole rings is 1. The van der Waals surface area contributed by atoms with E-state index < -0.39 is 6.43 Å². The molecular weight excluding hydrogens is 291 g/mol. The first-order valence-electron chi connectivity index (χ1n) is 4.01. The fraction of sp³-hybridized carbons (Fsp3) is 0.250. The number of alkyl halides is 3. The molecule has 0 spiro atoms. The van der Waals surface area contributed by atoms with E-state index in [9.17, 15) is 8.78 Å². The maximum atomic E-state index is 12.6. The largest absolute Gasteiger partial charge is 0.282 e. The number of hydrogen-bond acceptors (Lipinski definition) is 2. The van der Waals surface area contributed by atoms with Crippen molar-refractivity contribution >= 4 is 33.2 Å². The molecule has 3 nitrogen and oxygen atoms in total. The monoisotopic (exact) mass is 295 g/mol. The Bertz CT molecular complexity index is 500. The number of halogens is 4. The van der Waals surface area contributed by atoms with Gasteiger partial charge in [-0.05, 0) is 12.1 Å². The van der Waals surface area contributed by atoms with Crippen LogP contribution in [0.15, 0.2) is 12.1 Å². The predicted octanol–water partition coefficient (Wildman–Crippen LogP) is 3.22. The zero-order valence-electron chi connectivity index (χ0n) is 7.29. The Morgan fingerprint density at radius 2 is 2.20 bits per heavy atom. The van der Waals surface area contributed by atoms with E-state index in [1.807, 2.05) is 0 Å². The summed E-state index contributed by atoms with van der Waals surface area (Å²) >= 11 is 8.80. The standard InChI is InChI=1S/C8H5BrClF2N3/c9-3-4-7(8(11)12)13-6-2-1-5(10)14-15(4)6/h1-2,8H,3H2. The first-order chi connectivity index (χ1) is 7.13. The topological polar surface area (TPSA) is 30.2 Å². The van der Waals surface area contributed by atoms with Gasteiger partial charge in [-0.15, -0.1) is 0 Å². The smallest absolute Gasteiger partial charge is 0.226 e. The van der Waals surface area contributed by atoms with Gasteiger partial charge in [0.15, 0.2) is 5.65 Å². The highest BCUT2D eigenvalue weighted by Gasteiger charge is 2.20. The van der Waals surface area contributed by atoms with Crippen molar-refractivity contribution < 1.29 is 8.78 Å². The highest BCUT2D eigenvalue weighted by atomic mass is 79.9. The van der Waals surface area contributed by atoms with Gasteiger partial charge >= 0.3 is 0 Å². The Kier molecular flexibility index (Phi) is 2.88. The third-order valence-corrected chi connectivity index (χ3v) is 2.63. The Morgan fingerprint density at radius 3 is 2.80 bits per heavy atom. The summed E-state index contributed by atoms with van der Waals surface area (Å²) in [5, 5.41) is 4.40. The fourth-order valence-electron chi connectivity index (χ4n) is 1.27. The van der Waals surface area contributed by atoms with Crippen molar-refractivity contribution in [1.82, 2.24) is 14.6 Å². The molecule has 0 fully saturated rings. The second-order valence-electron chi connectivity index (χ2n) is 2.80. The minimum absolute atomic E-state index is 0.239. The lowest BCUT2D eigenvalue weighted by atomic mass is 10.4. The third-order valence-electron chi connectivity index (χ3n) is 1.90. The molecule has 7 heteroatoms. The van der Waals surface area contributed by atoms with Gasteiger partial charge in [-0.1, -0.05) is 27.5 Å². The van der Waals surface area contributed by atoms with Crippen LogP contribution in [-0.2, 0) is 5.33 Å². The highest BCUT2D eigenvalue weighted by molar-refractivity contribution is 9.08. The van der Waals surface area contributed by atoms with Crippen LogP contribution in [0, 0.1) is 0 Å². The first-order valence-corrected chi connectivity index (χ1v) is 5.51. The van der Waals surface area contributed by atoms with Crippen molar-refractivity contribution in [3.63, 3.8) is 0 Å². The fourth-order valence-corrected chi connectivity index (χ4v) is 1.94. The van der Waals surface area contributed by atoms with Gasteiger partial charge in [-0.2, -0.15) is 5.10 Å². The number of rotatable bonds is 2. The van der Waals surface area contributed by atoms with E-state index in [0.29, 0.717) is 11.3 Å². The number of nitrogens with zero attached hydrogens (tertiary/aromatic N) is 3. The first kappa shape index (κ1) is 10.8. The van der Waals surface area contributed by atoms with Crippen molar-refractivity contribution in [1.29, 1.82) is 0 Å². The molecule has 0 saturated heterocycles. The third kappa shape index (κ3) is 1.83. The lowest BCUT2D eigenvalue weighted by molar-refractivity contribution is 0.145. The van der Waals surface area contributed by atoms with Crippen LogP contribution in [0.3, 0.4) is 0 Å². The SMILES string of the molecule is FC(F)c1nc2ccc(Cl)nn2c1CBr. The molecule has 0 saturated carbocycles. The normalized spacial score (nSPS) is 11.5. The molecule has 0 bridgehead atoms. The van der Waals surface area contributed by atoms with Gasteiger partial charge in [0.05, 0.1) is 5.69 Å². The molecule has 0 radical (unpaired) electrons. The van der Waals surface area contributed by atoms with E-state index >= 15 is 0 Å². The van der Waals surface area contributed by atoms with Gasteiger partial charge in [0.25, 0.3) is 6.43 Å². The van der Waals surface area contributed by atoms with Gasteiger partial charge in [0.1, 0.15) is 10.8 Å². The maximum absolute atomic E-state index is 12.6. The maximum Gasteiger partial charge on any atom is 0.282 e. The van der Waals surface area contributed by atoms with Crippen LogP contribution >= 0.6 is 27.5 Å². The molecule has 0 unspecified atom stereocenters. The lowest BCUT2D eigenvalue weighted by Crippen LogP contribution is -1.97. The molecule has 0 atom stereocenters. The molecule has 0 amide bonds. The average molecular weight is 297 g/mol. The summed E-state index contributed by atoms with van der Waals surface area (Å²) in [4.78, 5) is 3.79. The van der Waals surface area contributed by atoms with Crippen LogP contribution in [0.1, 0.15) is 17.8 Å². The Morgan fingerprint density at radius 1 is 1.47 bits per heavy atom. The summed E-state index contributed by atoms with van der Waals surface area (Å²) in [6, 6.07) is 3.06. The van der Waals surface area contributed by atoms with E-state index in [2.05, 4.69) is 26.0 Å². The lowest BCUT2D eigenvalue weighted by Gasteiger charge is -1.98. The van der Waals surface area contributed by atoms with Gasteiger partial charge in [-0.3, -0.25) is 0 Å². The Hall–Kier alpha value is -0.750. The van der Waals surface area contributed by atoms with Crippen molar-refractivity contribution in [2.24, 2.45) is 0 Å². The molecular formula is C8H5BrClF2N3. The zero-order valence-corrected chi connectivity index (χ0v) is 9.63. The van der Waals surface area contributed by atoms with Crippen LogP contribution in [0.5, 0.6) is 0 Å². The second-order valence-corrected chi connectivity index (χ2v) is 3.75. The predicted molar refractivity (Wildman–Crippen MR) is 55.6 cm³/mol. The van der Waals surface area contributed by atoms with Crippen LogP contribution in [0.2, 0.25) is 5.15 Å². The summed E-state index contributed by atoms with van der Waals surface area (Å²) in [6.07, 6.45) is -2.61. The zero-order chi connectivity index (χ0) is 11.0. The Balaban J connectivity index is 2.74. The van der Waals surface area contributed by atoms with Crippen molar-refractivity contribution in [2.75, 3.05) is 0 Å². The van der Waals surface area contributed by atoms with E-state index in [1.54, 1.807) is 6.07 Å². The van der Waals surface area contributed by atoms with Crippen molar-refractivity contribution in [3.8, 4) is 0 Å². The molecule has 0 aliphatic carbocycles. The molecule has 2 aromatic heterocycles. The van der Waals surface area contributed by atoms with Gasteiger partial charge in [0, 0.05) is 5.33 Å². The average Bonchev–Trinajstić information content (AvgIpc) is 2.55. The molecule has 15 heavy (non-hydrogen) atoms. The summed E-state index contributed by atoms with van der Waals surface area (Å²) < 4.78 is 26.5. The van der Waals surface area contributed by atoms with Crippen LogP contribution < -0.4 is 0 Å². The van der Waals surface area contributed by atoms with Crippen molar-refractivity contribution in [2.45, 2.75) is 11.8 Å². The highest BCUT2D eigenvalue weighted by Crippen LogP contribution is 2.25. The number of hydrogen-bond donors (Lipinski definition) is 0. The van der Waals surface area contributed by atoms with Gasteiger partial charge in [0.2, 0.25) is 0 Å². The van der Waals surface area contributed by atoms with Crippen LogP contribution in [0.25, 0.3) is 5.65 Å². The van der Waals surface area contributed by atoms with E-state index in [1.165, 1.54) is 10.6 Å². The molecule has 2 heterocycles. The summed E-state index contributed by atoms with van der Waals surface area (Å²) in [5.74, 6) is 0. The molecule has 0 aliphatic rings. The second kappa shape index (κ2) is 4.02. The molecule has 0 N–H and O–H groups in total. The van der Waals surface area contributed by atoms with Crippen LogP contribution in [0.4, 0.5) is 8.78 Å².